The fourth-order valence-corrected chi connectivity index (χ4v) is 4.07. The van der Waals surface area contributed by atoms with Crippen molar-refractivity contribution in [2.45, 2.75) is 38.6 Å². The number of H-pyrrole nitrogens is 1. The number of benzene rings is 1. The lowest BCUT2D eigenvalue weighted by Gasteiger charge is -2.18. The van der Waals surface area contributed by atoms with Crippen LogP contribution in [0.2, 0.25) is 0 Å². The van der Waals surface area contributed by atoms with Crippen molar-refractivity contribution in [3.8, 4) is 17.1 Å². The van der Waals surface area contributed by atoms with Gasteiger partial charge in [-0.2, -0.15) is 5.10 Å². The molecule has 5 rings (SSSR count). The number of amides is 1. The van der Waals surface area contributed by atoms with Crippen molar-refractivity contribution in [2.24, 2.45) is 0 Å². The van der Waals surface area contributed by atoms with E-state index in [1.807, 2.05) is 31.2 Å². The molecule has 10 nitrogen and oxygen atoms in total. The first-order valence-electron chi connectivity index (χ1n) is 10.8. The largest absolute Gasteiger partial charge is 0.491 e. The molecule has 2 N–H and O–H groups in total. The highest BCUT2D eigenvalue weighted by Crippen LogP contribution is 2.31. The Morgan fingerprint density at radius 2 is 2.12 bits per heavy atom. The molecule has 1 saturated heterocycles. The number of anilines is 1. The molecule has 32 heavy (non-hydrogen) atoms. The van der Waals surface area contributed by atoms with Gasteiger partial charge in [0.05, 0.1) is 23.4 Å². The fourth-order valence-electron chi connectivity index (χ4n) is 4.07. The molecule has 0 saturated carbocycles. The smallest absolute Gasteiger partial charge is 0.407 e. The van der Waals surface area contributed by atoms with E-state index in [0.29, 0.717) is 30.2 Å². The summed E-state index contributed by atoms with van der Waals surface area (Å²) in [4.78, 5) is 23.6. The average Bonchev–Trinajstić information content (AvgIpc) is 3.44. The van der Waals surface area contributed by atoms with Gasteiger partial charge in [-0.1, -0.05) is 0 Å². The monoisotopic (exact) mass is 438 g/mol. The van der Waals surface area contributed by atoms with E-state index in [9.17, 15) is 4.79 Å². The van der Waals surface area contributed by atoms with Gasteiger partial charge in [-0.15, -0.1) is 0 Å². The Labute approximate surface area is 185 Å². The Hall–Kier alpha value is -3.40. The van der Waals surface area contributed by atoms with Crippen LogP contribution in [0.25, 0.3) is 22.3 Å². The molecule has 0 aliphatic carbocycles. The van der Waals surface area contributed by atoms with Crippen LogP contribution in [0.5, 0.6) is 5.75 Å². The molecule has 2 atom stereocenters. The quantitative estimate of drug-likeness (QED) is 0.628. The second-order valence-electron chi connectivity index (χ2n) is 8.12. The van der Waals surface area contributed by atoms with Crippen LogP contribution in [0.4, 0.5) is 10.6 Å². The van der Waals surface area contributed by atoms with E-state index in [1.165, 1.54) is 0 Å². The van der Waals surface area contributed by atoms with Crippen molar-refractivity contribution in [3.63, 3.8) is 0 Å². The third kappa shape index (κ3) is 4.18. The molecular formula is C22H26N6O4. The third-order valence-corrected chi connectivity index (χ3v) is 5.83. The maximum atomic E-state index is 12.1. The van der Waals surface area contributed by atoms with Gasteiger partial charge >= 0.3 is 6.09 Å². The SMILES string of the molecule is CO[C@@H]1CCN(c2cc3nc(n2)COC(=O)NCC[C@@H](C)Oc2ccc4[nH]nc-3c4c2)C1. The fraction of sp³-hybridized carbons (Fsp3) is 0.455. The third-order valence-electron chi connectivity index (χ3n) is 5.83. The molecule has 3 aromatic rings. The van der Waals surface area contributed by atoms with Crippen LogP contribution in [-0.4, -0.2) is 65.2 Å². The lowest BCUT2D eigenvalue weighted by molar-refractivity contribution is 0.121. The number of rotatable bonds is 2. The van der Waals surface area contributed by atoms with Crippen molar-refractivity contribution in [2.75, 3.05) is 31.6 Å². The van der Waals surface area contributed by atoms with Gasteiger partial charge in [0.25, 0.3) is 0 Å². The van der Waals surface area contributed by atoms with Crippen LogP contribution < -0.4 is 15.0 Å². The molecular weight excluding hydrogens is 412 g/mol. The minimum Gasteiger partial charge on any atom is -0.491 e. The molecule has 4 bridgehead atoms. The highest BCUT2D eigenvalue weighted by Gasteiger charge is 2.25. The molecule has 2 aliphatic heterocycles. The Morgan fingerprint density at radius 1 is 1.22 bits per heavy atom. The number of nitrogens with one attached hydrogen (secondary N) is 2. The standard InChI is InChI=1S/C22H26N6O4/c1-13-5-7-23-22(29)31-12-19-24-18(10-20(25-19)28-8-6-15(11-28)30-2)21-16-9-14(32-13)3-4-17(16)26-27-21/h3-4,9-10,13,15H,5-8,11-12H2,1-2H3,(H,23,29)(H,26,27)/t13-,15-/m1/s1. The van der Waals surface area contributed by atoms with Crippen LogP contribution in [0, 0.1) is 0 Å². The second-order valence-corrected chi connectivity index (χ2v) is 8.12. The van der Waals surface area contributed by atoms with E-state index >= 15 is 0 Å². The highest BCUT2D eigenvalue weighted by molar-refractivity contribution is 5.93. The van der Waals surface area contributed by atoms with Crippen LogP contribution in [0.15, 0.2) is 24.3 Å². The minimum atomic E-state index is -0.508. The van der Waals surface area contributed by atoms with E-state index < -0.39 is 6.09 Å². The first-order valence-corrected chi connectivity index (χ1v) is 10.8. The van der Waals surface area contributed by atoms with Crippen molar-refractivity contribution in [1.29, 1.82) is 0 Å². The number of aromatic nitrogens is 4. The average molecular weight is 438 g/mol. The van der Waals surface area contributed by atoms with Gasteiger partial charge in [-0.3, -0.25) is 5.10 Å². The summed E-state index contributed by atoms with van der Waals surface area (Å²) in [5.74, 6) is 1.91. The predicted molar refractivity (Wildman–Crippen MR) is 118 cm³/mol. The number of carbonyl (C=O) groups is 1. The zero-order valence-electron chi connectivity index (χ0n) is 18.1. The maximum absolute atomic E-state index is 12.1. The molecule has 1 fully saturated rings. The summed E-state index contributed by atoms with van der Waals surface area (Å²) in [5.41, 5.74) is 2.24. The number of carbonyl (C=O) groups excluding carboxylic acids is 1. The van der Waals surface area contributed by atoms with Crippen molar-refractivity contribution in [1.82, 2.24) is 25.5 Å². The summed E-state index contributed by atoms with van der Waals surface area (Å²) in [6.07, 6.45) is 1.15. The van der Waals surface area contributed by atoms with Crippen LogP contribution in [-0.2, 0) is 16.1 Å². The second kappa shape index (κ2) is 8.62. The Balaban J connectivity index is 1.59. The topological polar surface area (TPSA) is 114 Å². The normalized spacial score (nSPS) is 21.6. The molecule has 1 amide bonds. The summed E-state index contributed by atoms with van der Waals surface area (Å²) in [5, 5.41) is 11.3. The van der Waals surface area contributed by atoms with Gasteiger partial charge in [0.1, 0.15) is 17.3 Å². The number of fused-ring (bicyclic) bond motifs is 4. The molecule has 1 aromatic carbocycles. The molecule has 10 heteroatoms. The number of nitrogens with zero attached hydrogens (tertiary/aromatic N) is 4. The summed E-state index contributed by atoms with van der Waals surface area (Å²) < 4.78 is 16.9. The number of hydrogen-bond donors (Lipinski definition) is 2. The maximum Gasteiger partial charge on any atom is 0.407 e. The van der Waals surface area contributed by atoms with E-state index in [-0.39, 0.29) is 18.8 Å². The molecule has 4 heterocycles. The molecule has 168 valence electrons. The predicted octanol–water partition coefficient (Wildman–Crippen LogP) is 2.64. The minimum absolute atomic E-state index is 0.0339. The van der Waals surface area contributed by atoms with Crippen LogP contribution in [0.1, 0.15) is 25.6 Å². The number of cyclic esters (lactones) is 1. The Kier molecular flexibility index (Phi) is 5.52. The zero-order chi connectivity index (χ0) is 22.1. The van der Waals surface area contributed by atoms with Gasteiger partial charge in [-0.25, -0.2) is 14.8 Å². The van der Waals surface area contributed by atoms with Crippen molar-refractivity contribution < 1.29 is 19.0 Å². The molecule has 2 aliphatic rings. The van der Waals surface area contributed by atoms with Gasteiger partial charge in [0.15, 0.2) is 12.4 Å². The van der Waals surface area contributed by atoms with Crippen molar-refractivity contribution in [3.05, 3.63) is 30.1 Å². The molecule has 0 unspecified atom stereocenters. The van der Waals surface area contributed by atoms with E-state index in [1.54, 1.807) is 7.11 Å². The number of alkyl carbamates (subject to hydrolysis) is 1. The lowest BCUT2D eigenvalue weighted by atomic mass is 10.1. The first kappa shape index (κ1) is 20.5. The van der Waals surface area contributed by atoms with Gasteiger partial charge in [0, 0.05) is 44.6 Å². The van der Waals surface area contributed by atoms with Gasteiger partial charge < -0.3 is 24.4 Å². The van der Waals surface area contributed by atoms with E-state index in [0.717, 1.165) is 42.0 Å². The molecule has 2 aromatic heterocycles. The van der Waals surface area contributed by atoms with Gasteiger partial charge in [-0.05, 0) is 31.5 Å². The van der Waals surface area contributed by atoms with Crippen molar-refractivity contribution >= 4 is 22.8 Å². The van der Waals surface area contributed by atoms with Gasteiger partial charge in [0.2, 0.25) is 0 Å². The van der Waals surface area contributed by atoms with Crippen LogP contribution in [0.3, 0.4) is 0 Å². The zero-order valence-corrected chi connectivity index (χ0v) is 18.1. The summed E-state index contributed by atoms with van der Waals surface area (Å²) >= 11 is 0. The highest BCUT2D eigenvalue weighted by atomic mass is 16.5. The van der Waals surface area contributed by atoms with E-state index in [4.69, 9.17) is 14.2 Å². The summed E-state index contributed by atoms with van der Waals surface area (Å²) in [7, 11) is 1.72. The van der Waals surface area contributed by atoms with E-state index in [2.05, 4.69) is 30.4 Å². The van der Waals surface area contributed by atoms with Crippen LogP contribution >= 0.6 is 0 Å². The summed E-state index contributed by atoms with van der Waals surface area (Å²) in [6, 6.07) is 7.75. The number of methoxy groups -OCH3 is 1. The molecule has 0 radical (unpaired) electrons. The Morgan fingerprint density at radius 3 is 2.97 bits per heavy atom. The number of ether oxygens (including phenoxy) is 3. The number of aromatic amines is 1. The molecule has 0 spiro atoms. The summed E-state index contributed by atoms with van der Waals surface area (Å²) in [6.45, 7) is 3.94. The Bertz CT molecular complexity index is 1130. The first-order chi connectivity index (χ1) is 15.6. The lowest BCUT2D eigenvalue weighted by Crippen LogP contribution is -2.29. The number of hydrogen-bond acceptors (Lipinski definition) is 8.